The number of carbonyl (C=O) groups excluding carboxylic acids is 1. The summed E-state index contributed by atoms with van der Waals surface area (Å²) in [6.07, 6.45) is 3.59. The summed E-state index contributed by atoms with van der Waals surface area (Å²) in [7, 11) is 0. The Morgan fingerprint density at radius 1 is 1.24 bits per heavy atom. The summed E-state index contributed by atoms with van der Waals surface area (Å²) in [4.78, 5) is 14.7. The molecule has 1 aromatic carbocycles. The Balaban J connectivity index is 1.53. The lowest BCUT2D eigenvalue weighted by molar-refractivity contribution is 0.0666. The molecule has 0 aliphatic carbocycles. The largest absolute Gasteiger partial charge is 0.463 e. The summed E-state index contributed by atoms with van der Waals surface area (Å²) in [6.45, 7) is 3.48. The fourth-order valence-electron chi connectivity index (χ4n) is 3.42. The summed E-state index contributed by atoms with van der Waals surface area (Å²) >= 11 is 0. The lowest BCUT2D eigenvalue weighted by Crippen LogP contribution is -2.53. The molecule has 0 radical (unpaired) electrons. The topological polar surface area (TPSA) is 57.5 Å². The fraction of sp³-hybridized carbons (Fsp3) is 0.438. The van der Waals surface area contributed by atoms with Gasteiger partial charge in [0.2, 0.25) is 0 Å². The van der Waals surface area contributed by atoms with E-state index < -0.39 is 0 Å². The SMILES string of the molecule is O=C(c1coc2ccccc12)N1CCC2(CC1)CNCN2. The Morgan fingerprint density at radius 2 is 2.05 bits per heavy atom. The first-order chi connectivity index (χ1) is 10.3. The van der Waals surface area contributed by atoms with Crippen LogP contribution in [0.4, 0.5) is 0 Å². The third kappa shape index (κ3) is 2.13. The second kappa shape index (κ2) is 4.86. The van der Waals surface area contributed by atoms with Crippen molar-refractivity contribution in [3.63, 3.8) is 0 Å². The average molecular weight is 285 g/mol. The molecule has 2 N–H and O–H groups in total. The Kier molecular flexibility index (Phi) is 2.97. The van der Waals surface area contributed by atoms with Crippen LogP contribution in [0.2, 0.25) is 0 Å². The lowest BCUT2D eigenvalue weighted by atomic mass is 9.88. The molecule has 1 spiro atoms. The van der Waals surface area contributed by atoms with Crippen LogP contribution in [0, 0.1) is 0 Å². The average Bonchev–Trinajstić information content (AvgIpc) is 3.15. The van der Waals surface area contributed by atoms with Gasteiger partial charge in [0.1, 0.15) is 11.8 Å². The zero-order valence-electron chi connectivity index (χ0n) is 11.9. The Morgan fingerprint density at radius 3 is 2.81 bits per heavy atom. The number of hydrogen-bond donors (Lipinski definition) is 2. The number of likely N-dealkylation sites (tertiary alicyclic amines) is 1. The van der Waals surface area contributed by atoms with Crippen LogP contribution in [-0.2, 0) is 0 Å². The molecule has 2 aliphatic heterocycles. The van der Waals surface area contributed by atoms with Crippen molar-refractivity contribution in [2.24, 2.45) is 0 Å². The predicted molar refractivity (Wildman–Crippen MR) is 80.1 cm³/mol. The molecule has 5 nitrogen and oxygen atoms in total. The van der Waals surface area contributed by atoms with E-state index >= 15 is 0 Å². The molecule has 0 unspecified atom stereocenters. The van der Waals surface area contributed by atoms with E-state index in [0.717, 1.165) is 50.1 Å². The number of amides is 1. The molecule has 2 aromatic rings. The van der Waals surface area contributed by atoms with Crippen LogP contribution in [0.1, 0.15) is 23.2 Å². The molecule has 2 fully saturated rings. The van der Waals surface area contributed by atoms with Crippen molar-refractivity contribution in [1.29, 1.82) is 0 Å². The van der Waals surface area contributed by atoms with E-state index in [2.05, 4.69) is 10.6 Å². The normalized spacial score (nSPS) is 21.2. The molecular weight excluding hydrogens is 266 g/mol. The molecule has 0 bridgehead atoms. The highest BCUT2D eigenvalue weighted by atomic mass is 16.3. The first-order valence-electron chi connectivity index (χ1n) is 7.49. The van der Waals surface area contributed by atoms with Crippen molar-refractivity contribution in [3.05, 3.63) is 36.1 Å². The molecule has 5 heteroatoms. The lowest BCUT2D eigenvalue weighted by Gasteiger charge is -2.38. The zero-order valence-corrected chi connectivity index (χ0v) is 11.9. The maximum absolute atomic E-state index is 12.7. The number of fused-ring (bicyclic) bond motifs is 1. The summed E-state index contributed by atoms with van der Waals surface area (Å²) < 4.78 is 5.48. The highest BCUT2D eigenvalue weighted by molar-refractivity contribution is 6.05. The van der Waals surface area contributed by atoms with Crippen LogP contribution in [-0.4, -0.2) is 42.6 Å². The maximum Gasteiger partial charge on any atom is 0.257 e. The van der Waals surface area contributed by atoms with Gasteiger partial charge in [0.05, 0.1) is 5.56 Å². The van der Waals surface area contributed by atoms with Crippen molar-refractivity contribution in [3.8, 4) is 0 Å². The van der Waals surface area contributed by atoms with E-state index in [9.17, 15) is 4.79 Å². The summed E-state index contributed by atoms with van der Waals surface area (Å²) in [6, 6.07) is 7.70. The van der Waals surface area contributed by atoms with E-state index in [1.807, 2.05) is 29.2 Å². The van der Waals surface area contributed by atoms with Crippen LogP contribution >= 0.6 is 0 Å². The molecule has 1 amide bonds. The van der Waals surface area contributed by atoms with E-state index in [0.29, 0.717) is 5.56 Å². The number of hydrogen-bond acceptors (Lipinski definition) is 4. The Bertz CT molecular complexity index is 663. The first kappa shape index (κ1) is 12.9. The van der Waals surface area contributed by atoms with Crippen LogP contribution in [0.25, 0.3) is 11.0 Å². The molecule has 1 aromatic heterocycles. The molecule has 110 valence electrons. The van der Waals surface area contributed by atoms with Crippen molar-refractivity contribution in [2.45, 2.75) is 18.4 Å². The third-order valence-corrected chi connectivity index (χ3v) is 4.77. The summed E-state index contributed by atoms with van der Waals surface area (Å²) in [5, 5.41) is 7.78. The van der Waals surface area contributed by atoms with Crippen LogP contribution in [0.5, 0.6) is 0 Å². The van der Waals surface area contributed by atoms with Gasteiger partial charge in [0.15, 0.2) is 0 Å². The summed E-state index contributed by atoms with van der Waals surface area (Å²) in [5.41, 5.74) is 1.64. The number of nitrogens with zero attached hydrogens (tertiary/aromatic N) is 1. The standard InChI is InChI=1S/C16H19N3O2/c20-15(13-9-21-14-4-2-1-3-12(13)14)19-7-5-16(6-8-19)10-17-11-18-16/h1-4,9,17-18H,5-8,10-11H2. The molecule has 21 heavy (non-hydrogen) atoms. The highest BCUT2D eigenvalue weighted by Gasteiger charge is 2.38. The molecular formula is C16H19N3O2. The Hall–Kier alpha value is -1.85. The monoisotopic (exact) mass is 285 g/mol. The van der Waals surface area contributed by atoms with E-state index in [4.69, 9.17) is 4.42 Å². The van der Waals surface area contributed by atoms with E-state index in [1.165, 1.54) is 0 Å². The van der Waals surface area contributed by atoms with Crippen molar-refractivity contribution in [2.75, 3.05) is 26.3 Å². The number of rotatable bonds is 1. The van der Waals surface area contributed by atoms with Gasteiger partial charge in [0.25, 0.3) is 5.91 Å². The van der Waals surface area contributed by atoms with Gasteiger partial charge in [-0.3, -0.25) is 10.1 Å². The number of piperidine rings is 1. The second-order valence-corrected chi connectivity index (χ2v) is 6.00. The smallest absolute Gasteiger partial charge is 0.257 e. The second-order valence-electron chi connectivity index (χ2n) is 6.00. The van der Waals surface area contributed by atoms with Gasteiger partial charge in [-0.2, -0.15) is 0 Å². The van der Waals surface area contributed by atoms with Gasteiger partial charge in [0, 0.05) is 37.2 Å². The molecule has 2 aliphatic rings. The third-order valence-electron chi connectivity index (χ3n) is 4.77. The van der Waals surface area contributed by atoms with Crippen LogP contribution < -0.4 is 10.6 Å². The van der Waals surface area contributed by atoms with E-state index in [-0.39, 0.29) is 11.4 Å². The Labute approximate surface area is 123 Å². The van der Waals surface area contributed by atoms with Gasteiger partial charge in [-0.1, -0.05) is 18.2 Å². The molecule has 3 heterocycles. The quantitative estimate of drug-likeness (QED) is 0.835. The van der Waals surface area contributed by atoms with E-state index in [1.54, 1.807) is 6.26 Å². The maximum atomic E-state index is 12.7. The molecule has 0 atom stereocenters. The summed E-state index contributed by atoms with van der Waals surface area (Å²) in [5.74, 6) is 0.0840. The minimum atomic E-state index is 0.0840. The molecule has 2 saturated heterocycles. The zero-order chi connectivity index (χ0) is 14.3. The first-order valence-corrected chi connectivity index (χ1v) is 7.49. The molecule has 0 saturated carbocycles. The van der Waals surface area contributed by atoms with Gasteiger partial charge >= 0.3 is 0 Å². The predicted octanol–water partition coefficient (Wildman–Crippen LogP) is 1.56. The van der Waals surface area contributed by atoms with Gasteiger partial charge in [-0.05, 0) is 18.9 Å². The van der Waals surface area contributed by atoms with Crippen molar-refractivity contribution >= 4 is 16.9 Å². The van der Waals surface area contributed by atoms with Gasteiger partial charge < -0.3 is 14.6 Å². The minimum absolute atomic E-state index is 0.0840. The van der Waals surface area contributed by atoms with Crippen LogP contribution in [0.3, 0.4) is 0 Å². The minimum Gasteiger partial charge on any atom is -0.463 e. The number of nitrogens with one attached hydrogen (secondary N) is 2. The fourth-order valence-corrected chi connectivity index (χ4v) is 3.42. The van der Waals surface area contributed by atoms with Crippen molar-refractivity contribution < 1.29 is 9.21 Å². The van der Waals surface area contributed by atoms with Gasteiger partial charge in [-0.15, -0.1) is 0 Å². The molecule has 4 rings (SSSR count). The van der Waals surface area contributed by atoms with Crippen LogP contribution in [0.15, 0.2) is 34.9 Å². The van der Waals surface area contributed by atoms with Gasteiger partial charge in [-0.25, -0.2) is 0 Å². The number of para-hydroxylation sites is 1. The number of furan rings is 1. The number of benzene rings is 1. The number of carbonyl (C=O) groups is 1. The highest BCUT2D eigenvalue weighted by Crippen LogP contribution is 2.27. The van der Waals surface area contributed by atoms with Crippen molar-refractivity contribution in [1.82, 2.24) is 15.5 Å².